The van der Waals surface area contributed by atoms with E-state index in [4.69, 9.17) is 5.11 Å². The Hall–Kier alpha value is -1.63. The van der Waals surface area contributed by atoms with Crippen LogP contribution in [-0.2, 0) is 10.2 Å². The summed E-state index contributed by atoms with van der Waals surface area (Å²) in [5.41, 5.74) is 0.914. The molecular formula is C15H23N3O3S. The number of aromatic nitrogens is 1. The number of urea groups is 1. The first-order chi connectivity index (χ1) is 10.3. The Bertz CT molecular complexity index is 542. The second kappa shape index (κ2) is 6.64. The molecule has 1 fully saturated rings. The Kier molecular flexibility index (Phi) is 5.05. The van der Waals surface area contributed by atoms with E-state index in [-0.39, 0.29) is 23.4 Å². The van der Waals surface area contributed by atoms with Crippen molar-refractivity contribution < 1.29 is 14.7 Å². The van der Waals surface area contributed by atoms with Gasteiger partial charge in [-0.25, -0.2) is 9.78 Å². The van der Waals surface area contributed by atoms with Crippen molar-refractivity contribution in [3.05, 3.63) is 11.1 Å². The van der Waals surface area contributed by atoms with E-state index < -0.39 is 5.97 Å². The number of carboxylic acids is 1. The van der Waals surface area contributed by atoms with Gasteiger partial charge in [-0.1, -0.05) is 20.8 Å². The van der Waals surface area contributed by atoms with Crippen molar-refractivity contribution in [2.45, 2.75) is 57.9 Å². The molecule has 1 aliphatic carbocycles. The fourth-order valence-corrected chi connectivity index (χ4v) is 3.41. The molecule has 2 amide bonds. The van der Waals surface area contributed by atoms with E-state index in [0.717, 1.165) is 5.69 Å². The number of hydrogen-bond donors (Lipinski definition) is 3. The molecule has 0 saturated heterocycles. The summed E-state index contributed by atoms with van der Waals surface area (Å²) >= 11 is 1.41. The van der Waals surface area contributed by atoms with Gasteiger partial charge in [0.2, 0.25) is 0 Å². The molecule has 6 nitrogen and oxygen atoms in total. The number of rotatable bonds is 3. The first-order valence-electron chi connectivity index (χ1n) is 7.52. The van der Waals surface area contributed by atoms with Gasteiger partial charge >= 0.3 is 12.0 Å². The molecule has 0 radical (unpaired) electrons. The van der Waals surface area contributed by atoms with Crippen LogP contribution in [0.1, 0.15) is 52.1 Å². The van der Waals surface area contributed by atoms with Crippen molar-refractivity contribution >= 4 is 28.5 Å². The average Bonchev–Trinajstić information content (AvgIpc) is 2.87. The minimum atomic E-state index is -0.736. The van der Waals surface area contributed by atoms with Crippen LogP contribution in [0.5, 0.6) is 0 Å². The second-order valence-electron chi connectivity index (χ2n) is 6.77. The molecule has 7 heteroatoms. The zero-order valence-corrected chi connectivity index (χ0v) is 14.0. The van der Waals surface area contributed by atoms with Crippen molar-refractivity contribution in [3.63, 3.8) is 0 Å². The van der Waals surface area contributed by atoms with E-state index in [9.17, 15) is 9.59 Å². The number of hydrogen-bond acceptors (Lipinski definition) is 4. The highest BCUT2D eigenvalue weighted by atomic mass is 32.1. The van der Waals surface area contributed by atoms with E-state index in [1.165, 1.54) is 11.3 Å². The van der Waals surface area contributed by atoms with Crippen LogP contribution in [0.3, 0.4) is 0 Å². The molecule has 122 valence electrons. The van der Waals surface area contributed by atoms with E-state index >= 15 is 0 Å². The fraction of sp³-hybridized carbons (Fsp3) is 0.667. The Morgan fingerprint density at radius 2 is 1.91 bits per heavy atom. The van der Waals surface area contributed by atoms with Crippen LogP contribution in [0, 0.1) is 5.92 Å². The molecule has 0 spiro atoms. The van der Waals surface area contributed by atoms with E-state index in [1.54, 1.807) is 0 Å². The summed E-state index contributed by atoms with van der Waals surface area (Å²) in [6.07, 6.45) is 2.64. The lowest BCUT2D eigenvalue weighted by Crippen LogP contribution is -2.41. The number of nitrogens with one attached hydrogen (secondary N) is 2. The van der Waals surface area contributed by atoms with Crippen LogP contribution in [0.25, 0.3) is 0 Å². The third kappa shape index (κ3) is 4.43. The zero-order valence-electron chi connectivity index (χ0n) is 13.2. The van der Waals surface area contributed by atoms with Crippen LogP contribution in [-0.4, -0.2) is 28.1 Å². The van der Waals surface area contributed by atoms with E-state index in [0.29, 0.717) is 30.8 Å². The Balaban J connectivity index is 1.81. The number of anilines is 1. The molecule has 0 atom stereocenters. The molecule has 22 heavy (non-hydrogen) atoms. The molecule has 0 bridgehead atoms. The minimum Gasteiger partial charge on any atom is -0.481 e. The molecule has 1 saturated carbocycles. The standard InChI is InChI=1S/C15H23N3O3S/c1-15(2,3)11-8-22-14(17-11)18-13(21)16-10-6-4-9(5-7-10)12(19)20/h8-10H,4-7H2,1-3H3,(H,19,20)(H2,16,17,18,21). The van der Waals surface area contributed by atoms with Crippen molar-refractivity contribution in [3.8, 4) is 0 Å². The minimum absolute atomic E-state index is 0.0395. The fourth-order valence-electron chi connectivity index (χ4n) is 2.48. The average molecular weight is 325 g/mol. The maximum absolute atomic E-state index is 12.0. The third-order valence-electron chi connectivity index (χ3n) is 3.90. The molecule has 0 unspecified atom stereocenters. The van der Waals surface area contributed by atoms with E-state index in [1.807, 2.05) is 5.38 Å². The number of carbonyl (C=O) groups is 2. The Labute approximate surface area is 134 Å². The molecule has 2 rings (SSSR count). The second-order valence-corrected chi connectivity index (χ2v) is 7.63. The van der Waals surface area contributed by atoms with Crippen LogP contribution in [0.2, 0.25) is 0 Å². The molecule has 0 aromatic carbocycles. The molecular weight excluding hydrogens is 302 g/mol. The van der Waals surface area contributed by atoms with Gasteiger partial charge in [0.1, 0.15) is 0 Å². The monoisotopic (exact) mass is 325 g/mol. The first-order valence-corrected chi connectivity index (χ1v) is 8.40. The van der Waals surface area contributed by atoms with Gasteiger partial charge in [0, 0.05) is 16.8 Å². The lowest BCUT2D eigenvalue weighted by atomic mass is 9.86. The number of thiazole rings is 1. The van der Waals surface area contributed by atoms with Crippen LogP contribution in [0.4, 0.5) is 9.93 Å². The van der Waals surface area contributed by atoms with Crippen molar-refractivity contribution in [2.24, 2.45) is 5.92 Å². The highest BCUT2D eigenvalue weighted by molar-refractivity contribution is 7.13. The normalized spacial score (nSPS) is 22.1. The predicted octanol–water partition coefficient (Wildman–Crippen LogP) is 3.21. The van der Waals surface area contributed by atoms with Crippen molar-refractivity contribution in [2.75, 3.05) is 5.32 Å². The third-order valence-corrected chi connectivity index (χ3v) is 4.66. The summed E-state index contributed by atoms with van der Waals surface area (Å²) in [6.45, 7) is 6.23. The van der Waals surface area contributed by atoms with Gasteiger partial charge in [0.15, 0.2) is 5.13 Å². The highest BCUT2D eigenvalue weighted by Crippen LogP contribution is 2.27. The number of aliphatic carboxylic acids is 1. The zero-order chi connectivity index (χ0) is 16.3. The maximum Gasteiger partial charge on any atom is 0.321 e. The lowest BCUT2D eigenvalue weighted by molar-refractivity contribution is -0.142. The van der Waals surface area contributed by atoms with Gasteiger partial charge in [-0.2, -0.15) is 0 Å². The maximum atomic E-state index is 12.0. The summed E-state index contributed by atoms with van der Waals surface area (Å²) in [7, 11) is 0. The predicted molar refractivity (Wildman–Crippen MR) is 86.4 cm³/mol. The van der Waals surface area contributed by atoms with Crippen LogP contribution in [0.15, 0.2) is 5.38 Å². The first kappa shape index (κ1) is 16.7. The topological polar surface area (TPSA) is 91.3 Å². The summed E-state index contributed by atoms with van der Waals surface area (Å²) < 4.78 is 0. The number of carboxylic acid groups (broad SMARTS) is 1. The molecule has 1 heterocycles. The molecule has 1 aromatic heterocycles. The highest BCUT2D eigenvalue weighted by Gasteiger charge is 2.27. The smallest absolute Gasteiger partial charge is 0.321 e. The summed E-state index contributed by atoms with van der Waals surface area (Å²) in [6, 6.07) is -0.230. The quantitative estimate of drug-likeness (QED) is 0.796. The van der Waals surface area contributed by atoms with Gasteiger partial charge in [-0.3, -0.25) is 10.1 Å². The van der Waals surface area contributed by atoms with Crippen molar-refractivity contribution in [1.29, 1.82) is 0 Å². The SMILES string of the molecule is CC(C)(C)c1csc(NC(=O)NC2CCC(C(=O)O)CC2)n1. The van der Waals surface area contributed by atoms with Gasteiger partial charge in [-0.15, -0.1) is 11.3 Å². The number of amides is 2. The molecule has 3 N–H and O–H groups in total. The Morgan fingerprint density at radius 1 is 1.27 bits per heavy atom. The molecule has 1 aromatic rings. The lowest BCUT2D eigenvalue weighted by Gasteiger charge is -2.26. The number of nitrogens with zero attached hydrogens (tertiary/aromatic N) is 1. The van der Waals surface area contributed by atoms with Crippen molar-refractivity contribution in [1.82, 2.24) is 10.3 Å². The van der Waals surface area contributed by atoms with E-state index in [2.05, 4.69) is 36.4 Å². The molecule has 0 aliphatic heterocycles. The van der Waals surface area contributed by atoms with Gasteiger partial charge < -0.3 is 10.4 Å². The summed E-state index contributed by atoms with van der Waals surface area (Å²) in [5, 5.41) is 17.2. The van der Waals surface area contributed by atoms with Gasteiger partial charge in [0.25, 0.3) is 0 Å². The Morgan fingerprint density at radius 3 is 2.41 bits per heavy atom. The number of carbonyl (C=O) groups excluding carboxylic acids is 1. The van der Waals surface area contributed by atoms with Crippen LogP contribution < -0.4 is 10.6 Å². The van der Waals surface area contributed by atoms with Gasteiger partial charge in [-0.05, 0) is 25.7 Å². The van der Waals surface area contributed by atoms with Gasteiger partial charge in [0.05, 0.1) is 11.6 Å². The summed E-state index contributed by atoms with van der Waals surface area (Å²) in [5.74, 6) is -1.00. The molecule has 1 aliphatic rings. The van der Waals surface area contributed by atoms with Crippen LogP contribution >= 0.6 is 11.3 Å². The largest absolute Gasteiger partial charge is 0.481 e. The summed E-state index contributed by atoms with van der Waals surface area (Å²) in [4.78, 5) is 27.3.